The second-order valence-corrected chi connectivity index (χ2v) is 6.48. The molecule has 2 atom stereocenters. The van der Waals surface area contributed by atoms with Crippen LogP contribution < -0.4 is 0 Å². The first-order valence-corrected chi connectivity index (χ1v) is 9.09. The number of hydrogen-bond donors (Lipinski definition) is 0. The van der Waals surface area contributed by atoms with Gasteiger partial charge in [0, 0.05) is 0 Å². The zero-order chi connectivity index (χ0) is 16.1. The van der Waals surface area contributed by atoms with Crippen molar-refractivity contribution in [2.24, 2.45) is 11.8 Å². The Hall–Kier alpha value is -0.780. The van der Waals surface area contributed by atoms with Gasteiger partial charge in [-0.1, -0.05) is 91.5 Å². The van der Waals surface area contributed by atoms with E-state index < -0.39 is 0 Å². The van der Waals surface area contributed by atoms with Crippen LogP contribution in [0.25, 0.3) is 0 Å². The molecule has 0 fully saturated rings. The predicted octanol–water partition coefficient (Wildman–Crippen LogP) is 7.48. The van der Waals surface area contributed by atoms with Crippen LogP contribution in [0.5, 0.6) is 0 Å². The first-order chi connectivity index (χ1) is 10.1. The van der Waals surface area contributed by atoms with Gasteiger partial charge in [-0.2, -0.15) is 0 Å². The molecule has 0 heterocycles. The maximum absolute atomic E-state index is 3.99. The predicted molar refractivity (Wildman–Crippen MR) is 98.6 cm³/mol. The van der Waals surface area contributed by atoms with Crippen molar-refractivity contribution in [1.29, 1.82) is 0 Å². The summed E-state index contributed by atoms with van der Waals surface area (Å²) in [6, 6.07) is 0. The Bertz CT molecular complexity index is 308. The van der Waals surface area contributed by atoms with Crippen LogP contribution in [0.4, 0.5) is 0 Å². The normalized spacial score (nSPS) is 15.2. The number of unbranched alkanes of at least 4 members (excludes halogenated alkanes) is 3. The Morgan fingerprint density at radius 2 is 1.62 bits per heavy atom. The summed E-state index contributed by atoms with van der Waals surface area (Å²) in [5.41, 5.74) is 2.77. The Morgan fingerprint density at radius 1 is 0.952 bits per heavy atom. The van der Waals surface area contributed by atoms with Crippen molar-refractivity contribution in [3.63, 3.8) is 0 Å². The third-order valence-electron chi connectivity index (χ3n) is 4.63. The molecule has 0 aliphatic heterocycles. The second-order valence-electron chi connectivity index (χ2n) is 6.48. The van der Waals surface area contributed by atoms with Gasteiger partial charge in [-0.25, -0.2) is 0 Å². The minimum Gasteiger partial charge on any atom is -0.0988 e. The van der Waals surface area contributed by atoms with Crippen molar-refractivity contribution in [3.8, 4) is 0 Å². The van der Waals surface area contributed by atoms with E-state index in [1.165, 1.54) is 56.1 Å². The molecule has 0 saturated heterocycles. The molecule has 122 valence electrons. The Balaban J connectivity index is 4.36. The third-order valence-corrected chi connectivity index (χ3v) is 4.63. The highest BCUT2D eigenvalue weighted by atomic mass is 14.2. The van der Waals surface area contributed by atoms with Crippen molar-refractivity contribution >= 4 is 0 Å². The zero-order valence-electron chi connectivity index (χ0n) is 15.1. The maximum atomic E-state index is 3.99. The molecule has 0 spiro atoms. The number of rotatable bonds is 13. The van der Waals surface area contributed by atoms with E-state index in [2.05, 4.69) is 40.9 Å². The summed E-state index contributed by atoms with van der Waals surface area (Å²) in [6.45, 7) is 17.2. The molecule has 2 unspecified atom stereocenters. The van der Waals surface area contributed by atoms with Crippen molar-refractivity contribution in [3.05, 3.63) is 36.5 Å². The minimum atomic E-state index is 0.746. The van der Waals surface area contributed by atoms with E-state index in [1.54, 1.807) is 0 Å². The average molecular weight is 291 g/mol. The Morgan fingerprint density at radius 3 is 2.10 bits per heavy atom. The molecule has 0 N–H and O–H groups in total. The first kappa shape index (κ1) is 20.2. The van der Waals surface area contributed by atoms with E-state index in [0.717, 1.165) is 24.7 Å². The molecule has 0 heteroatoms. The Labute approximate surface area is 134 Å². The highest BCUT2D eigenvalue weighted by Gasteiger charge is 2.13. The van der Waals surface area contributed by atoms with Gasteiger partial charge in [0.05, 0.1) is 0 Å². The zero-order valence-corrected chi connectivity index (χ0v) is 15.1. The topological polar surface area (TPSA) is 0 Å². The van der Waals surface area contributed by atoms with Crippen molar-refractivity contribution in [2.45, 2.75) is 85.5 Å². The molecule has 0 amide bonds. The molecule has 21 heavy (non-hydrogen) atoms. The molecule has 0 aromatic heterocycles. The van der Waals surface area contributed by atoms with Crippen LogP contribution in [0.1, 0.15) is 85.5 Å². The first-order valence-electron chi connectivity index (χ1n) is 9.09. The van der Waals surface area contributed by atoms with E-state index in [4.69, 9.17) is 0 Å². The van der Waals surface area contributed by atoms with Gasteiger partial charge in [0.25, 0.3) is 0 Å². The molecule has 0 aromatic rings. The molecule has 0 radical (unpaired) electrons. The molecule has 0 bridgehead atoms. The number of allylic oxidation sites excluding steroid dienone is 4. The molecule has 0 aromatic carbocycles. The van der Waals surface area contributed by atoms with Gasteiger partial charge < -0.3 is 0 Å². The van der Waals surface area contributed by atoms with Crippen LogP contribution >= 0.6 is 0 Å². The van der Waals surface area contributed by atoms with Crippen molar-refractivity contribution in [1.82, 2.24) is 0 Å². The van der Waals surface area contributed by atoms with Crippen LogP contribution in [0.15, 0.2) is 36.5 Å². The smallest absolute Gasteiger partial charge is 0.0250 e. The van der Waals surface area contributed by atoms with Crippen molar-refractivity contribution < 1.29 is 0 Å². The fourth-order valence-electron chi connectivity index (χ4n) is 3.22. The van der Waals surface area contributed by atoms with Crippen LogP contribution in [-0.2, 0) is 0 Å². The van der Waals surface area contributed by atoms with Crippen molar-refractivity contribution in [2.75, 3.05) is 0 Å². The van der Waals surface area contributed by atoms with Crippen LogP contribution in [0.2, 0.25) is 0 Å². The summed E-state index contributed by atoms with van der Waals surface area (Å²) in [6.07, 6.45) is 15.9. The lowest BCUT2D eigenvalue weighted by Crippen LogP contribution is -2.07. The molecule has 0 aliphatic carbocycles. The van der Waals surface area contributed by atoms with Gasteiger partial charge in [0.1, 0.15) is 0 Å². The van der Waals surface area contributed by atoms with E-state index in [0.29, 0.717) is 0 Å². The summed E-state index contributed by atoms with van der Waals surface area (Å²) >= 11 is 0. The summed E-state index contributed by atoms with van der Waals surface area (Å²) in [5.74, 6) is 1.65. The van der Waals surface area contributed by atoms with Gasteiger partial charge in [0.2, 0.25) is 0 Å². The SMILES string of the molecule is C=CC(CC)=C(C=C)CC(C)CC(CC)CCCCCC. The summed E-state index contributed by atoms with van der Waals surface area (Å²) in [5, 5.41) is 0. The fraction of sp³-hybridized carbons (Fsp3) is 0.714. The van der Waals surface area contributed by atoms with Gasteiger partial charge >= 0.3 is 0 Å². The third kappa shape index (κ3) is 8.96. The lowest BCUT2D eigenvalue weighted by Gasteiger charge is -2.21. The average Bonchev–Trinajstić information content (AvgIpc) is 2.50. The molecular weight excluding hydrogens is 252 g/mol. The van der Waals surface area contributed by atoms with Crippen LogP contribution in [-0.4, -0.2) is 0 Å². The van der Waals surface area contributed by atoms with Crippen LogP contribution in [0.3, 0.4) is 0 Å². The van der Waals surface area contributed by atoms with E-state index in [9.17, 15) is 0 Å². The number of hydrogen-bond acceptors (Lipinski definition) is 0. The highest BCUT2D eigenvalue weighted by Crippen LogP contribution is 2.27. The summed E-state index contributed by atoms with van der Waals surface area (Å²) in [4.78, 5) is 0. The van der Waals surface area contributed by atoms with E-state index >= 15 is 0 Å². The molecule has 0 nitrogen and oxygen atoms in total. The van der Waals surface area contributed by atoms with Crippen LogP contribution in [0, 0.1) is 11.8 Å². The van der Waals surface area contributed by atoms with E-state index in [1.807, 2.05) is 12.2 Å². The lowest BCUT2D eigenvalue weighted by molar-refractivity contribution is 0.347. The largest absolute Gasteiger partial charge is 0.0988 e. The van der Waals surface area contributed by atoms with Gasteiger partial charge in [-0.05, 0) is 42.2 Å². The second kappa shape index (κ2) is 12.9. The molecular formula is C21H38. The van der Waals surface area contributed by atoms with Gasteiger partial charge in [0.15, 0.2) is 0 Å². The standard InChI is InChI=1S/C21H38/c1-7-12-13-14-15-19(8-2)16-18(6)17-21(11-5)20(9-3)10-4/h9,11,18-19H,3,5,7-8,10,12-17H2,1-2,4,6H3. The maximum Gasteiger partial charge on any atom is -0.0250 e. The monoisotopic (exact) mass is 290 g/mol. The lowest BCUT2D eigenvalue weighted by atomic mass is 9.85. The Kier molecular flexibility index (Phi) is 12.4. The van der Waals surface area contributed by atoms with E-state index in [-0.39, 0.29) is 0 Å². The fourth-order valence-corrected chi connectivity index (χ4v) is 3.22. The molecule has 0 rings (SSSR count). The molecule has 0 saturated carbocycles. The quantitative estimate of drug-likeness (QED) is 0.243. The summed E-state index contributed by atoms with van der Waals surface area (Å²) in [7, 11) is 0. The summed E-state index contributed by atoms with van der Waals surface area (Å²) < 4.78 is 0. The highest BCUT2D eigenvalue weighted by molar-refractivity contribution is 5.31. The molecule has 0 aliphatic rings. The minimum absolute atomic E-state index is 0.746. The van der Waals surface area contributed by atoms with Gasteiger partial charge in [-0.3, -0.25) is 0 Å². The van der Waals surface area contributed by atoms with Gasteiger partial charge in [-0.15, -0.1) is 0 Å².